The summed E-state index contributed by atoms with van der Waals surface area (Å²) in [4.78, 5) is 11.2. The van der Waals surface area contributed by atoms with E-state index in [9.17, 15) is 17.6 Å². The maximum Gasteiger partial charge on any atom is 0.307 e. The molecule has 1 aromatic carbocycles. The molecule has 2 atom stereocenters. The minimum Gasteiger partial charge on any atom is -0.481 e. The fourth-order valence-electron chi connectivity index (χ4n) is 2.55. The van der Waals surface area contributed by atoms with Crippen LogP contribution in [0.2, 0.25) is 5.02 Å². The lowest BCUT2D eigenvalue weighted by Crippen LogP contribution is -2.40. The Morgan fingerprint density at radius 1 is 1.33 bits per heavy atom. The van der Waals surface area contributed by atoms with Gasteiger partial charge in [-0.15, -0.1) is 0 Å². The van der Waals surface area contributed by atoms with Crippen LogP contribution in [-0.4, -0.2) is 24.7 Å². The van der Waals surface area contributed by atoms with E-state index >= 15 is 0 Å². The van der Waals surface area contributed by atoms with Crippen molar-refractivity contribution in [3.8, 4) is 0 Å². The Morgan fingerprint density at radius 2 is 2.00 bits per heavy atom. The molecule has 1 aliphatic rings. The van der Waals surface area contributed by atoms with E-state index in [1.165, 1.54) is 6.07 Å². The molecule has 0 spiro atoms. The summed E-state index contributed by atoms with van der Waals surface area (Å²) >= 11 is 5.79. The second kappa shape index (κ2) is 6.19. The maximum absolute atomic E-state index is 13.0. The summed E-state index contributed by atoms with van der Waals surface area (Å²) in [6.07, 6.45) is 1.97. The molecule has 1 saturated carbocycles. The van der Waals surface area contributed by atoms with Crippen LogP contribution in [0.1, 0.15) is 25.7 Å². The molecule has 5 nitrogen and oxygen atoms in total. The predicted octanol–water partition coefficient (Wildman–Crippen LogP) is 2.86. The second-order valence-corrected chi connectivity index (χ2v) is 7.35. The Labute approximate surface area is 127 Å². The van der Waals surface area contributed by atoms with Gasteiger partial charge in [0, 0.05) is 0 Å². The van der Waals surface area contributed by atoms with Crippen LogP contribution < -0.4 is 4.72 Å². The standard InChI is InChI=1S/C13H15ClFNO4S/c14-10-7-8(15)5-6-11(10)16-21(19,20)12-4-2-1-3-9(12)13(17)18/h5-7,9,12,16H,1-4H2,(H,17,18). The average Bonchev–Trinajstić information content (AvgIpc) is 2.42. The number of sulfonamides is 1. The molecule has 0 aromatic heterocycles. The highest BCUT2D eigenvalue weighted by molar-refractivity contribution is 7.93. The lowest BCUT2D eigenvalue weighted by Gasteiger charge is -2.28. The number of carboxylic acid groups (broad SMARTS) is 1. The van der Waals surface area contributed by atoms with Crippen molar-refractivity contribution in [1.29, 1.82) is 0 Å². The maximum atomic E-state index is 13.0. The Bertz CT molecular complexity index is 650. The molecule has 0 saturated heterocycles. The van der Waals surface area contributed by atoms with Crippen molar-refractivity contribution in [2.45, 2.75) is 30.9 Å². The first kappa shape index (κ1) is 16.0. The largest absolute Gasteiger partial charge is 0.481 e. The first-order valence-electron chi connectivity index (χ1n) is 6.51. The number of hydrogen-bond acceptors (Lipinski definition) is 3. The van der Waals surface area contributed by atoms with E-state index in [0.29, 0.717) is 19.3 Å². The Morgan fingerprint density at radius 3 is 2.62 bits per heavy atom. The third-order valence-corrected chi connectivity index (χ3v) is 5.78. The number of halogens is 2. The van der Waals surface area contributed by atoms with Gasteiger partial charge in [-0.3, -0.25) is 9.52 Å². The van der Waals surface area contributed by atoms with Crippen LogP contribution >= 0.6 is 11.6 Å². The van der Waals surface area contributed by atoms with Crippen LogP contribution in [0.4, 0.5) is 10.1 Å². The van der Waals surface area contributed by atoms with Crippen LogP contribution in [0, 0.1) is 11.7 Å². The van der Waals surface area contributed by atoms with Crippen molar-refractivity contribution in [1.82, 2.24) is 0 Å². The number of carbonyl (C=O) groups is 1. The minimum absolute atomic E-state index is 0.0489. The molecule has 0 aliphatic heterocycles. The number of carboxylic acids is 1. The molecule has 0 bridgehead atoms. The second-order valence-electron chi connectivity index (χ2n) is 5.04. The molecule has 1 aromatic rings. The average molecular weight is 336 g/mol. The van der Waals surface area contributed by atoms with E-state index in [4.69, 9.17) is 16.7 Å². The van der Waals surface area contributed by atoms with Crippen molar-refractivity contribution >= 4 is 33.3 Å². The van der Waals surface area contributed by atoms with Gasteiger partial charge in [0.1, 0.15) is 5.82 Å². The van der Waals surface area contributed by atoms with Gasteiger partial charge in [-0.2, -0.15) is 0 Å². The molecule has 0 radical (unpaired) electrons. The zero-order valence-corrected chi connectivity index (χ0v) is 12.6. The van der Waals surface area contributed by atoms with E-state index in [1.807, 2.05) is 0 Å². The van der Waals surface area contributed by atoms with E-state index in [2.05, 4.69) is 4.72 Å². The van der Waals surface area contributed by atoms with Gasteiger partial charge in [0.25, 0.3) is 0 Å². The minimum atomic E-state index is -3.90. The lowest BCUT2D eigenvalue weighted by molar-refractivity contribution is -0.142. The molecule has 116 valence electrons. The monoisotopic (exact) mass is 335 g/mol. The molecule has 2 rings (SSSR count). The highest BCUT2D eigenvalue weighted by Crippen LogP contribution is 2.32. The molecule has 2 unspecified atom stereocenters. The Hall–Kier alpha value is -1.34. The summed E-state index contributed by atoms with van der Waals surface area (Å²) < 4.78 is 40.0. The Kier molecular flexibility index (Phi) is 4.73. The summed E-state index contributed by atoms with van der Waals surface area (Å²) in [5, 5.41) is 8.08. The van der Waals surface area contributed by atoms with Crippen LogP contribution in [-0.2, 0) is 14.8 Å². The number of aliphatic carboxylic acids is 1. The molecular weight excluding hydrogens is 321 g/mol. The quantitative estimate of drug-likeness (QED) is 0.886. The highest BCUT2D eigenvalue weighted by atomic mass is 35.5. The number of rotatable bonds is 4. The SMILES string of the molecule is O=C(O)C1CCCCC1S(=O)(=O)Nc1ccc(F)cc1Cl. The molecule has 1 aliphatic carbocycles. The highest BCUT2D eigenvalue weighted by Gasteiger charge is 2.39. The van der Waals surface area contributed by atoms with Crippen LogP contribution in [0.3, 0.4) is 0 Å². The van der Waals surface area contributed by atoms with Gasteiger partial charge in [0.15, 0.2) is 0 Å². The fraction of sp³-hybridized carbons (Fsp3) is 0.462. The van der Waals surface area contributed by atoms with Crippen LogP contribution in [0.15, 0.2) is 18.2 Å². The number of nitrogens with one attached hydrogen (secondary N) is 1. The normalized spacial score (nSPS) is 22.8. The number of anilines is 1. The van der Waals surface area contributed by atoms with E-state index in [-0.39, 0.29) is 17.1 Å². The topological polar surface area (TPSA) is 83.5 Å². The lowest BCUT2D eigenvalue weighted by atomic mass is 9.89. The molecule has 0 heterocycles. The molecule has 1 fully saturated rings. The van der Waals surface area contributed by atoms with Gasteiger partial charge in [-0.25, -0.2) is 12.8 Å². The zero-order chi connectivity index (χ0) is 15.6. The first-order valence-corrected chi connectivity index (χ1v) is 8.43. The molecule has 2 N–H and O–H groups in total. The van der Waals surface area contributed by atoms with Gasteiger partial charge in [0.05, 0.1) is 21.9 Å². The van der Waals surface area contributed by atoms with Gasteiger partial charge >= 0.3 is 5.97 Å². The van der Waals surface area contributed by atoms with E-state index in [0.717, 1.165) is 12.1 Å². The number of hydrogen-bond donors (Lipinski definition) is 2. The summed E-state index contributed by atoms with van der Waals surface area (Å²) in [5.41, 5.74) is 0.0489. The fourth-order valence-corrected chi connectivity index (χ4v) is 4.62. The summed E-state index contributed by atoms with van der Waals surface area (Å²) in [6, 6.07) is 3.29. The van der Waals surface area contributed by atoms with Crippen LogP contribution in [0.25, 0.3) is 0 Å². The third-order valence-electron chi connectivity index (χ3n) is 3.60. The van der Waals surface area contributed by atoms with Gasteiger partial charge in [-0.05, 0) is 31.0 Å². The van der Waals surface area contributed by atoms with Crippen molar-refractivity contribution in [2.24, 2.45) is 5.92 Å². The van der Waals surface area contributed by atoms with Gasteiger partial charge < -0.3 is 5.11 Å². The molecule has 0 amide bonds. The van der Waals surface area contributed by atoms with Crippen LogP contribution in [0.5, 0.6) is 0 Å². The van der Waals surface area contributed by atoms with Crippen molar-refractivity contribution in [2.75, 3.05) is 4.72 Å². The summed E-state index contributed by atoms with van der Waals surface area (Å²) in [7, 11) is -3.90. The number of benzene rings is 1. The zero-order valence-electron chi connectivity index (χ0n) is 11.1. The molecule has 8 heteroatoms. The smallest absolute Gasteiger partial charge is 0.307 e. The predicted molar refractivity (Wildman–Crippen MR) is 77.3 cm³/mol. The summed E-state index contributed by atoms with van der Waals surface area (Å²) in [6.45, 7) is 0. The van der Waals surface area contributed by atoms with Gasteiger partial charge in [0.2, 0.25) is 10.0 Å². The van der Waals surface area contributed by atoms with Crippen molar-refractivity contribution in [3.63, 3.8) is 0 Å². The van der Waals surface area contributed by atoms with E-state index in [1.54, 1.807) is 0 Å². The van der Waals surface area contributed by atoms with Gasteiger partial charge in [-0.1, -0.05) is 24.4 Å². The van der Waals surface area contributed by atoms with Crippen molar-refractivity contribution in [3.05, 3.63) is 29.0 Å². The first-order chi connectivity index (χ1) is 9.81. The van der Waals surface area contributed by atoms with E-state index < -0.39 is 33.0 Å². The Balaban J connectivity index is 2.26. The summed E-state index contributed by atoms with van der Waals surface area (Å²) in [5.74, 6) is -2.63. The molecular formula is C13H15ClFNO4S. The molecule has 21 heavy (non-hydrogen) atoms. The third kappa shape index (κ3) is 3.65. The van der Waals surface area contributed by atoms with Crippen molar-refractivity contribution < 1.29 is 22.7 Å².